The molecule has 1 aliphatic rings. The molecule has 2 rings (SSSR count). The van der Waals surface area contributed by atoms with Crippen LogP contribution >= 0.6 is 15.9 Å². The molecule has 1 aromatic rings. The summed E-state index contributed by atoms with van der Waals surface area (Å²) in [5.74, 6) is -2.85. The first-order valence-corrected chi connectivity index (χ1v) is 4.97. The quantitative estimate of drug-likeness (QED) is 0.608. The van der Waals surface area contributed by atoms with E-state index >= 15 is 0 Å². The van der Waals surface area contributed by atoms with Gasteiger partial charge < -0.3 is 5.32 Å². The summed E-state index contributed by atoms with van der Waals surface area (Å²) < 4.78 is 39.5. The van der Waals surface area contributed by atoms with Crippen molar-refractivity contribution in [3.8, 4) is 0 Å². The van der Waals surface area contributed by atoms with Gasteiger partial charge >= 0.3 is 0 Å². The first kappa shape index (κ1) is 9.98. The second kappa shape index (κ2) is 3.55. The van der Waals surface area contributed by atoms with E-state index in [1.807, 2.05) is 0 Å². The zero-order valence-electron chi connectivity index (χ0n) is 7.08. The fourth-order valence-electron chi connectivity index (χ4n) is 1.43. The lowest BCUT2D eigenvalue weighted by Crippen LogP contribution is -2.36. The third-order valence-electron chi connectivity index (χ3n) is 2.32. The van der Waals surface area contributed by atoms with E-state index in [1.165, 1.54) is 0 Å². The molecular weight excluding hydrogens is 259 g/mol. The van der Waals surface area contributed by atoms with Crippen LogP contribution < -0.4 is 5.32 Å². The van der Waals surface area contributed by atoms with Gasteiger partial charge in [-0.2, -0.15) is 0 Å². The number of rotatable bonds is 1. The summed E-state index contributed by atoms with van der Waals surface area (Å²) in [6, 6.07) is 0.561. The molecule has 0 bridgehead atoms. The van der Waals surface area contributed by atoms with Gasteiger partial charge in [-0.25, -0.2) is 13.2 Å². The maximum atomic E-state index is 13.3. The minimum atomic E-state index is -1.10. The smallest absolute Gasteiger partial charge is 0.173 e. The van der Waals surface area contributed by atoms with Crippen molar-refractivity contribution in [3.63, 3.8) is 0 Å². The van der Waals surface area contributed by atoms with Crippen molar-refractivity contribution in [3.05, 3.63) is 33.6 Å². The molecule has 1 aliphatic heterocycles. The third-order valence-corrected chi connectivity index (χ3v) is 2.90. The highest BCUT2D eigenvalue weighted by Crippen LogP contribution is 2.32. The summed E-state index contributed by atoms with van der Waals surface area (Å²) in [6.07, 6.45) is 0.634. The normalized spacial score (nSPS) is 20.7. The molecule has 1 heterocycles. The van der Waals surface area contributed by atoms with E-state index in [4.69, 9.17) is 0 Å². The van der Waals surface area contributed by atoms with Gasteiger partial charge in [0.15, 0.2) is 11.6 Å². The molecule has 14 heavy (non-hydrogen) atoms. The lowest BCUT2D eigenvalue weighted by atomic mass is 9.97. The van der Waals surface area contributed by atoms with Crippen molar-refractivity contribution >= 4 is 15.9 Å². The van der Waals surface area contributed by atoms with E-state index in [1.54, 1.807) is 0 Å². The van der Waals surface area contributed by atoms with E-state index in [0.717, 1.165) is 6.07 Å². The van der Waals surface area contributed by atoms with Gasteiger partial charge in [-0.05, 0) is 35.0 Å². The van der Waals surface area contributed by atoms with Crippen LogP contribution in [0.4, 0.5) is 13.2 Å². The molecule has 1 aromatic carbocycles. The lowest BCUT2D eigenvalue weighted by molar-refractivity contribution is 0.347. The van der Waals surface area contributed by atoms with Crippen LogP contribution in [0.5, 0.6) is 0 Å². The van der Waals surface area contributed by atoms with E-state index in [0.29, 0.717) is 13.0 Å². The molecule has 1 fully saturated rings. The van der Waals surface area contributed by atoms with E-state index in [2.05, 4.69) is 21.2 Å². The van der Waals surface area contributed by atoms with Crippen LogP contribution in [-0.4, -0.2) is 6.54 Å². The summed E-state index contributed by atoms with van der Waals surface area (Å²) in [7, 11) is 0. The zero-order valence-corrected chi connectivity index (χ0v) is 8.67. The Balaban J connectivity index is 2.52. The molecule has 76 valence electrons. The van der Waals surface area contributed by atoms with Crippen LogP contribution in [0.15, 0.2) is 10.5 Å². The van der Waals surface area contributed by atoms with Gasteiger partial charge in [-0.1, -0.05) is 0 Å². The molecule has 1 atom stereocenters. The lowest BCUT2D eigenvalue weighted by Gasteiger charge is -2.28. The third kappa shape index (κ3) is 1.44. The van der Waals surface area contributed by atoms with Crippen molar-refractivity contribution in [1.29, 1.82) is 0 Å². The summed E-state index contributed by atoms with van der Waals surface area (Å²) in [6.45, 7) is 0.710. The van der Waals surface area contributed by atoms with Crippen LogP contribution in [-0.2, 0) is 0 Å². The molecule has 1 nitrogen and oxygen atoms in total. The maximum Gasteiger partial charge on any atom is 0.173 e. The van der Waals surface area contributed by atoms with Crippen LogP contribution in [0.25, 0.3) is 0 Å². The molecule has 5 heteroatoms. The highest BCUT2D eigenvalue weighted by atomic mass is 79.9. The Morgan fingerprint density at radius 1 is 1.29 bits per heavy atom. The first-order chi connectivity index (χ1) is 6.61. The summed E-state index contributed by atoms with van der Waals surface area (Å²) in [5, 5.41) is 2.83. The average molecular weight is 266 g/mol. The van der Waals surface area contributed by atoms with E-state index in [-0.39, 0.29) is 10.0 Å². The molecule has 1 N–H and O–H groups in total. The Morgan fingerprint density at radius 3 is 2.43 bits per heavy atom. The predicted octanol–water partition coefficient (Wildman–Crippen LogP) is 2.90. The van der Waals surface area contributed by atoms with Gasteiger partial charge in [-0.15, -0.1) is 0 Å². The molecule has 0 saturated carbocycles. The van der Waals surface area contributed by atoms with Crippen molar-refractivity contribution in [2.45, 2.75) is 12.5 Å². The Morgan fingerprint density at radius 2 is 1.93 bits per heavy atom. The minimum absolute atomic E-state index is 0.185. The second-order valence-corrected chi connectivity index (χ2v) is 4.03. The fourth-order valence-corrected chi connectivity index (χ4v) is 1.81. The van der Waals surface area contributed by atoms with E-state index in [9.17, 15) is 13.2 Å². The highest BCUT2D eigenvalue weighted by Gasteiger charge is 2.28. The van der Waals surface area contributed by atoms with Gasteiger partial charge in [0.05, 0.1) is 4.47 Å². The van der Waals surface area contributed by atoms with Crippen molar-refractivity contribution in [2.24, 2.45) is 0 Å². The number of halogens is 4. The minimum Gasteiger partial charge on any atom is -0.310 e. The molecule has 0 unspecified atom stereocenters. The summed E-state index contributed by atoms with van der Waals surface area (Å²) in [5.41, 5.74) is -0.197. The van der Waals surface area contributed by atoms with E-state index < -0.39 is 23.5 Å². The fraction of sp³-hybridized carbons (Fsp3) is 0.333. The Hall–Kier alpha value is -0.550. The summed E-state index contributed by atoms with van der Waals surface area (Å²) in [4.78, 5) is 0. The largest absolute Gasteiger partial charge is 0.310 e. The summed E-state index contributed by atoms with van der Waals surface area (Å²) >= 11 is 2.74. The number of hydrogen-bond acceptors (Lipinski definition) is 1. The van der Waals surface area contributed by atoms with Crippen LogP contribution in [0.2, 0.25) is 0 Å². The highest BCUT2D eigenvalue weighted by molar-refractivity contribution is 9.10. The topological polar surface area (TPSA) is 12.0 Å². The molecular formula is C9H7BrF3N. The number of benzene rings is 1. The van der Waals surface area contributed by atoms with Crippen molar-refractivity contribution in [2.75, 3.05) is 6.54 Å². The molecule has 1 saturated heterocycles. The molecule has 0 aliphatic carbocycles. The van der Waals surface area contributed by atoms with Crippen LogP contribution in [0, 0.1) is 17.5 Å². The Labute approximate surface area is 87.4 Å². The number of nitrogens with one attached hydrogen (secondary N) is 1. The SMILES string of the molecule is Fc1cc(Br)c(F)c(F)c1[C@@H]1CCN1. The maximum absolute atomic E-state index is 13.3. The number of hydrogen-bond donors (Lipinski definition) is 1. The van der Waals surface area contributed by atoms with Gasteiger partial charge in [-0.3, -0.25) is 0 Å². The average Bonchev–Trinajstić information content (AvgIpc) is 2.05. The Kier molecular flexibility index (Phi) is 2.53. The molecule has 0 spiro atoms. The second-order valence-electron chi connectivity index (χ2n) is 3.18. The molecule has 0 aromatic heterocycles. The van der Waals surface area contributed by atoms with Gasteiger partial charge in [0.2, 0.25) is 0 Å². The molecule has 0 amide bonds. The van der Waals surface area contributed by atoms with Gasteiger partial charge in [0, 0.05) is 11.6 Å². The first-order valence-electron chi connectivity index (χ1n) is 4.17. The van der Waals surface area contributed by atoms with Crippen LogP contribution in [0.3, 0.4) is 0 Å². The van der Waals surface area contributed by atoms with Crippen molar-refractivity contribution in [1.82, 2.24) is 5.32 Å². The standard InChI is InChI=1S/C9H7BrF3N/c10-4-3-5(11)7(6-1-2-14-6)9(13)8(4)12/h3,6,14H,1-2H2/t6-/m0/s1. The molecule has 0 radical (unpaired) electrons. The Bertz CT molecular complexity index is 377. The zero-order chi connectivity index (χ0) is 10.3. The van der Waals surface area contributed by atoms with Gasteiger partial charge in [0.25, 0.3) is 0 Å². The van der Waals surface area contributed by atoms with Crippen LogP contribution in [0.1, 0.15) is 18.0 Å². The van der Waals surface area contributed by atoms with Gasteiger partial charge in [0.1, 0.15) is 5.82 Å². The van der Waals surface area contributed by atoms with Crippen molar-refractivity contribution < 1.29 is 13.2 Å². The monoisotopic (exact) mass is 265 g/mol. The predicted molar refractivity (Wildman–Crippen MR) is 49.4 cm³/mol.